The Balaban J connectivity index is 1.54. The summed E-state index contributed by atoms with van der Waals surface area (Å²) in [7, 11) is 0. The van der Waals surface area contributed by atoms with Crippen LogP contribution < -0.4 is 10.3 Å². The topological polar surface area (TPSA) is 44.1 Å². The zero-order valence-corrected chi connectivity index (χ0v) is 14.8. The molecule has 1 aliphatic rings. The average Bonchev–Trinajstić information content (AvgIpc) is 3.12. The Hall–Kier alpha value is -1.66. The van der Waals surface area contributed by atoms with Crippen molar-refractivity contribution in [2.24, 2.45) is 0 Å². The summed E-state index contributed by atoms with van der Waals surface area (Å²) >= 11 is 5.07. The zero-order chi connectivity index (χ0) is 15.8. The molecule has 118 valence electrons. The summed E-state index contributed by atoms with van der Waals surface area (Å²) in [5.41, 5.74) is 1.29. The van der Waals surface area contributed by atoms with Gasteiger partial charge >= 0.3 is 0 Å². The standard InChI is InChI=1S/C17H15BrN2O2S/c18-11-4-6-12(7-5-11)22-9-8-20-10-19-16-15(17(20)21)13-2-1-3-14(13)23-16/h4-7,10H,1-3,8-9H2. The Morgan fingerprint density at radius 1 is 1.26 bits per heavy atom. The summed E-state index contributed by atoms with van der Waals surface area (Å²) in [6, 6.07) is 7.67. The lowest BCUT2D eigenvalue weighted by atomic mass is 10.2. The maximum Gasteiger partial charge on any atom is 0.262 e. The van der Waals surface area contributed by atoms with E-state index < -0.39 is 0 Å². The van der Waals surface area contributed by atoms with Crippen LogP contribution in [-0.4, -0.2) is 16.2 Å². The van der Waals surface area contributed by atoms with E-state index in [2.05, 4.69) is 20.9 Å². The molecule has 1 aromatic carbocycles. The van der Waals surface area contributed by atoms with Crippen LogP contribution in [0, 0.1) is 0 Å². The second kappa shape index (κ2) is 6.09. The van der Waals surface area contributed by atoms with Gasteiger partial charge in [-0.15, -0.1) is 11.3 Å². The number of nitrogens with zero attached hydrogens (tertiary/aromatic N) is 2. The maximum absolute atomic E-state index is 12.7. The fourth-order valence-electron chi connectivity index (χ4n) is 2.97. The molecule has 0 unspecified atom stereocenters. The van der Waals surface area contributed by atoms with Gasteiger partial charge in [0.2, 0.25) is 0 Å². The lowest BCUT2D eigenvalue weighted by Gasteiger charge is -2.08. The van der Waals surface area contributed by atoms with Gasteiger partial charge in [-0.05, 0) is 49.1 Å². The third kappa shape index (κ3) is 2.81. The molecule has 2 aromatic heterocycles. The molecule has 23 heavy (non-hydrogen) atoms. The number of aromatic nitrogens is 2. The van der Waals surface area contributed by atoms with Crippen LogP contribution in [0.15, 0.2) is 39.9 Å². The Kier molecular flexibility index (Phi) is 3.95. The van der Waals surface area contributed by atoms with Gasteiger partial charge in [0.15, 0.2) is 0 Å². The Morgan fingerprint density at radius 3 is 2.91 bits per heavy atom. The summed E-state index contributed by atoms with van der Waals surface area (Å²) in [5, 5.41) is 0.827. The van der Waals surface area contributed by atoms with Gasteiger partial charge in [-0.25, -0.2) is 4.98 Å². The number of thiophene rings is 1. The van der Waals surface area contributed by atoms with Crippen molar-refractivity contribution < 1.29 is 4.74 Å². The molecular formula is C17H15BrN2O2S. The van der Waals surface area contributed by atoms with Crippen LogP contribution in [0.1, 0.15) is 16.9 Å². The molecule has 0 fully saturated rings. The maximum atomic E-state index is 12.7. The smallest absolute Gasteiger partial charge is 0.262 e. The first kappa shape index (κ1) is 14.9. The van der Waals surface area contributed by atoms with Gasteiger partial charge in [0.05, 0.1) is 18.3 Å². The normalized spacial score (nSPS) is 13.4. The molecule has 0 N–H and O–H groups in total. The number of hydrogen-bond acceptors (Lipinski definition) is 4. The molecule has 6 heteroatoms. The third-order valence-corrected chi connectivity index (χ3v) is 5.83. The van der Waals surface area contributed by atoms with Crippen molar-refractivity contribution in [1.82, 2.24) is 9.55 Å². The van der Waals surface area contributed by atoms with Crippen molar-refractivity contribution in [2.45, 2.75) is 25.8 Å². The van der Waals surface area contributed by atoms with Gasteiger partial charge < -0.3 is 4.74 Å². The highest BCUT2D eigenvalue weighted by Crippen LogP contribution is 2.34. The molecular weight excluding hydrogens is 376 g/mol. The van der Waals surface area contributed by atoms with E-state index >= 15 is 0 Å². The lowest BCUT2D eigenvalue weighted by Crippen LogP contribution is -2.23. The molecule has 0 atom stereocenters. The number of fused-ring (bicyclic) bond motifs is 3. The van der Waals surface area contributed by atoms with Gasteiger partial charge in [-0.1, -0.05) is 15.9 Å². The van der Waals surface area contributed by atoms with Crippen molar-refractivity contribution in [3.05, 3.63) is 55.9 Å². The minimum atomic E-state index is 0.0637. The van der Waals surface area contributed by atoms with Crippen molar-refractivity contribution >= 4 is 37.5 Å². The van der Waals surface area contributed by atoms with Crippen molar-refractivity contribution in [3.63, 3.8) is 0 Å². The average molecular weight is 391 g/mol. The van der Waals surface area contributed by atoms with E-state index in [0.29, 0.717) is 13.2 Å². The number of rotatable bonds is 4. The Morgan fingerprint density at radius 2 is 2.09 bits per heavy atom. The minimum Gasteiger partial charge on any atom is -0.492 e. The van der Waals surface area contributed by atoms with Crippen molar-refractivity contribution in [3.8, 4) is 5.75 Å². The molecule has 2 heterocycles. The summed E-state index contributed by atoms with van der Waals surface area (Å²) in [6.45, 7) is 0.948. The summed E-state index contributed by atoms with van der Waals surface area (Å²) in [5.74, 6) is 0.798. The minimum absolute atomic E-state index is 0.0637. The molecule has 4 rings (SSSR count). The van der Waals surface area contributed by atoms with Gasteiger partial charge in [0.25, 0.3) is 5.56 Å². The van der Waals surface area contributed by atoms with Gasteiger partial charge in [0, 0.05) is 9.35 Å². The second-order valence-corrected chi connectivity index (χ2v) is 7.58. The number of aryl methyl sites for hydroxylation is 2. The highest BCUT2D eigenvalue weighted by atomic mass is 79.9. The second-order valence-electron chi connectivity index (χ2n) is 5.58. The van der Waals surface area contributed by atoms with Gasteiger partial charge in [0.1, 0.15) is 17.2 Å². The first-order valence-corrected chi connectivity index (χ1v) is 9.21. The van der Waals surface area contributed by atoms with Crippen LogP contribution >= 0.6 is 27.3 Å². The largest absolute Gasteiger partial charge is 0.492 e. The van der Waals surface area contributed by atoms with Crippen LogP contribution in [0.4, 0.5) is 0 Å². The van der Waals surface area contributed by atoms with Crippen LogP contribution in [0.5, 0.6) is 5.75 Å². The SMILES string of the molecule is O=c1c2c3c(sc2ncn1CCOc1ccc(Br)cc1)CCC3. The van der Waals surface area contributed by atoms with Crippen LogP contribution in [0.2, 0.25) is 0 Å². The molecule has 0 bridgehead atoms. The molecule has 3 aromatic rings. The van der Waals surface area contributed by atoms with E-state index in [1.165, 1.54) is 10.4 Å². The van der Waals surface area contributed by atoms with E-state index in [1.54, 1.807) is 22.2 Å². The molecule has 1 aliphatic carbocycles. The van der Waals surface area contributed by atoms with E-state index in [-0.39, 0.29) is 5.56 Å². The fourth-order valence-corrected chi connectivity index (χ4v) is 4.46. The predicted octanol–water partition coefficient (Wildman–Crippen LogP) is 3.79. The number of benzene rings is 1. The van der Waals surface area contributed by atoms with Crippen LogP contribution in [0.25, 0.3) is 10.2 Å². The van der Waals surface area contributed by atoms with Crippen LogP contribution in [-0.2, 0) is 19.4 Å². The van der Waals surface area contributed by atoms with Gasteiger partial charge in [-0.3, -0.25) is 9.36 Å². The number of hydrogen-bond donors (Lipinski definition) is 0. The zero-order valence-electron chi connectivity index (χ0n) is 12.4. The monoisotopic (exact) mass is 390 g/mol. The van der Waals surface area contributed by atoms with E-state index in [9.17, 15) is 4.79 Å². The summed E-state index contributed by atoms with van der Waals surface area (Å²) in [4.78, 5) is 19.4. The van der Waals surface area contributed by atoms with Crippen molar-refractivity contribution in [1.29, 1.82) is 0 Å². The van der Waals surface area contributed by atoms with Crippen LogP contribution in [0.3, 0.4) is 0 Å². The molecule has 4 nitrogen and oxygen atoms in total. The lowest BCUT2D eigenvalue weighted by molar-refractivity contribution is 0.296. The molecule has 0 radical (unpaired) electrons. The number of halogens is 1. The quantitative estimate of drug-likeness (QED) is 0.680. The highest BCUT2D eigenvalue weighted by molar-refractivity contribution is 9.10. The van der Waals surface area contributed by atoms with E-state index in [1.807, 2.05) is 24.3 Å². The molecule has 0 spiro atoms. The summed E-state index contributed by atoms with van der Waals surface area (Å²) < 4.78 is 8.38. The van der Waals surface area contributed by atoms with Crippen molar-refractivity contribution in [2.75, 3.05) is 6.61 Å². The fraction of sp³-hybridized carbons (Fsp3) is 0.294. The van der Waals surface area contributed by atoms with Gasteiger partial charge in [-0.2, -0.15) is 0 Å². The molecule has 0 aliphatic heterocycles. The molecule has 0 saturated carbocycles. The Labute approximate surface area is 145 Å². The predicted molar refractivity (Wildman–Crippen MR) is 95.5 cm³/mol. The third-order valence-electron chi connectivity index (χ3n) is 4.11. The first-order chi connectivity index (χ1) is 11.2. The first-order valence-electron chi connectivity index (χ1n) is 7.60. The van der Waals surface area contributed by atoms with E-state index in [0.717, 1.165) is 39.7 Å². The molecule has 0 amide bonds. The van der Waals surface area contributed by atoms with E-state index in [4.69, 9.17) is 4.74 Å². The molecule has 0 saturated heterocycles. The highest BCUT2D eigenvalue weighted by Gasteiger charge is 2.21. The summed E-state index contributed by atoms with van der Waals surface area (Å²) in [6.07, 6.45) is 4.88. The number of ether oxygens (including phenoxy) is 1. The Bertz CT molecular complexity index is 915.